The van der Waals surface area contributed by atoms with Crippen molar-refractivity contribution in [1.29, 1.82) is 0 Å². The Hall–Kier alpha value is -1.97. The van der Waals surface area contributed by atoms with Crippen molar-refractivity contribution in [2.24, 2.45) is 0 Å². The number of fused-ring (bicyclic) bond motifs is 7. The van der Waals surface area contributed by atoms with Crippen molar-refractivity contribution in [2.45, 2.75) is 178 Å². The smallest absolute Gasteiger partial charge is 0.306 e. The van der Waals surface area contributed by atoms with E-state index >= 15 is 0 Å². The Morgan fingerprint density at radius 1 is 0.820 bits per heavy atom. The molecule has 5 aliphatic heterocycles. The third-order valence-corrected chi connectivity index (χ3v) is 10.00. The number of ether oxygens (including phenoxy) is 8. The number of unbranched alkanes of at least 4 members (excludes halogenated alkanes) is 2. The zero-order chi connectivity index (χ0) is 35.1. The number of carbonyl (C=O) groups is 1. The fourth-order valence-electron chi connectivity index (χ4n) is 7.37. The fourth-order valence-corrected chi connectivity index (χ4v) is 7.37. The van der Waals surface area contributed by atoms with E-state index in [1.54, 1.807) is 0 Å². The number of hydrogen-bond donors (Lipinski definition) is 1. The lowest BCUT2D eigenvalue weighted by molar-refractivity contribution is -0.476. The quantitative estimate of drug-likeness (QED) is 0.168. The molecule has 12 heteroatoms. The van der Waals surface area contributed by atoms with Gasteiger partial charge in [0, 0.05) is 12.0 Å². The lowest BCUT2D eigenvalue weighted by Gasteiger charge is -2.47. The van der Waals surface area contributed by atoms with Crippen LogP contribution < -0.4 is 0 Å². The normalized spacial score (nSPS) is 40.8. The molecular weight excluding hydrogens is 648 g/mol. The maximum Gasteiger partial charge on any atom is 0.306 e. The molecule has 1 aromatic rings. The Labute approximate surface area is 295 Å². The van der Waals surface area contributed by atoms with Crippen LogP contribution in [-0.4, -0.2) is 91.0 Å². The van der Waals surface area contributed by atoms with Crippen LogP contribution in [0.15, 0.2) is 42.5 Å². The SMILES string of the molecule is CCCCC[C@H]1CCC/C=C/CCCCC(=O)O[C@@H]2[C@@H](O)[C@H](OO[C@H]3[C@H](O1)O[C@H](C)[C@@H]1OC(C)(C)O[C@@H]13)O[C@@H]1COC(c3ccccc3)O[C@@H]21. The van der Waals surface area contributed by atoms with E-state index in [0.717, 1.165) is 63.4 Å². The second-order valence-electron chi connectivity index (χ2n) is 14.5. The van der Waals surface area contributed by atoms with Gasteiger partial charge in [-0.2, -0.15) is 0 Å². The van der Waals surface area contributed by atoms with Gasteiger partial charge in [0.25, 0.3) is 0 Å². The summed E-state index contributed by atoms with van der Waals surface area (Å²) in [4.78, 5) is 25.2. The molecule has 1 aromatic carbocycles. The number of aliphatic hydroxyl groups excluding tert-OH is 1. The highest BCUT2D eigenvalue weighted by Gasteiger charge is 2.57. The number of esters is 1. The molecule has 0 aliphatic carbocycles. The van der Waals surface area contributed by atoms with Crippen molar-refractivity contribution in [3.05, 3.63) is 48.0 Å². The minimum Gasteiger partial charge on any atom is -0.456 e. The predicted octanol–water partition coefficient (Wildman–Crippen LogP) is 5.95. The summed E-state index contributed by atoms with van der Waals surface area (Å²) in [7, 11) is 0. The van der Waals surface area contributed by atoms with Gasteiger partial charge in [-0.1, -0.05) is 68.7 Å². The summed E-state index contributed by atoms with van der Waals surface area (Å²) in [6, 6.07) is 9.47. The highest BCUT2D eigenvalue weighted by atomic mass is 17.2. The Morgan fingerprint density at radius 2 is 1.60 bits per heavy atom. The van der Waals surface area contributed by atoms with Gasteiger partial charge in [0.05, 0.1) is 18.8 Å². The number of aliphatic hydroxyl groups is 1. The topological polar surface area (TPSA) is 130 Å². The maximum absolute atomic E-state index is 13.1. The van der Waals surface area contributed by atoms with Crippen LogP contribution in [0.25, 0.3) is 0 Å². The third kappa shape index (κ3) is 9.52. The summed E-state index contributed by atoms with van der Waals surface area (Å²) in [5.74, 6) is -1.32. The molecule has 12 atom stereocenters. The van der Waals surface area contributed by atoms with Crippen molar-refractivity contribution in [3.63, 3.8) is 0 Å². The van der Waals surface area contributed by atoms with Crippen LogP contribution in [0.5, 0.6) is 0 Å². The molecule has 0 aromatic heterocycles. The molecule has 4 fully saturated rings. The first-order valence-corrected chi connectivity index (χ1v) is 18.7. The van der Waals surface area contributed by atoms with Crippen LogP contribution in [0.3, 0.4) is 0 Å². The van der Waals surface area contributed by atoms with Gasteiger partial charge < -0.3 is 43.0 Å². The van der Waals surface area contributed by atoms with E-state index in [1.807, 2.05) is 51.1 Å². The largest absolute Gasteiger partial charge is 0.456 e. The van der Waals surface area contributed by atoms with E-state index in [0.29, 0.717) is 6.42 Å². The van der Waals surface area contributed by atoms with Crippen molar-refractivity contribution in [1.82, 2.24) is 0 Å². The number of benzene rings is 1. The summed E-state index contributed by atoms with van der Waals surface area (Å²) < 4.78 is 50.2. The van der Waals surface area contributed by atoms with Gasteiger partial charge in [-0.3, -0.25) is 4.79 Å². The summed E-state index contributed by atoms with van der Waals surface area (Å²) in [6.45, 7) is 7.94. The van der Waals surface area contributed by atoms with Gasteiger partial charge >= 0.3 is 5.97 Å². The fraction of sp³-hybridized carbons (Fsp3) is 0.763. The lowest BCUT2D eigenvalue weighted by Crippen LogP contribution is -2.64. The molecule has 4 saturated heterocycles. The van der Waals surface area contributed by atoms with Crippen LogP contribution in [0.1, 0.15) is 110 Å². The summed E-state index contributed by atoms with van der Waals surface area (Å²) in [5, 5.41) is 11.7. The van der Waals surface area contributed by atoms with Crippen LogP contribution in [0.4, 0.5) is 0 Å². The number of carbonyl (C=O) groups excluding carboxylic acids is 1. The van der Waals surface area contributed by atoms with Gasteiger partial charge in [0.1, 0.15) is 30.5 Å². The summed E-state index contributed by atoms with van der Waals surface area (Å²) in [5.41, 5.74) is 0.801. The van der Waals surface area contributed by atoms with Gasteiger partial charge in [-0.15, -0.1) is 0 Å². The molecule has 5 heterocycles. The molecule has 0 radical (unpaired) electrons. The molecule has 50 heavy (non-hydrogen) atoms. The first kappa shape index (κ1) is 37.8. The standard InChI is InChI=1S/C38H56O12/c1-5-6-13-20-26-21-16-10-8-7-9-11-17-22-28(39)45-32-29(40)36(44-27-23-41-35(46-31(27)32)25-18-14-12-15-19-25)50-49-34-33-30(47-38(3,4)48-33)24(2)42-37(34)43-26/h7-8,12,14-15,18-19,24,26-27,29-37,40H,5-6,9-11,13,16-17,20-23H2,1-4H3/b8-7+/t24-,26+,27-,29-,30+,31-,32-,33+,34-,35?,36+,37+/m1/s1. The van der Waals surface area contributed by atoms with Gasteiger partial charge in [-0.25, -0.2) is 9.78 Å². The minimum atomic E-state index is -1.44. The zero-order valence-electron chi connectivity index (χ0n) is 29.9. The van der Waals surface area contributed by atoms with E-state index in [-0.39, 0.29) is 25.2 Å². The summed E-state index contributed by atoms with van der Waals surface area (Å²) in [6.07, 6.45) is 4.57. The molecule has 5 aliphatic rings. The molecule has 0 amide bonds. The van der Waals surface area contributed by atoms with Gasteiger partial charge in [0.15, 0.2) is 30.6 Å². The van der Waals surface area contributed by atoms with Gasteiger partial charge in [0.2, 0.25) is 6.29 Å². The molecule has 2 bridgehead atoms. The van der Waals surface area contributed by atoms with E-state index in [2.05, 4.69) is 19.1 Å². The second-order valence-corrected chi connectivity index (χ2v) is 14.5. The number of hydrogen-bond acceptors (Lipinski definition) is 12. The Morgan fingerprint density at radius 3 is 2.40 bits per heavy atom. The molecule has 280 valence electrons. The minimum absolute atomic E-state index is 0.0640. The molecule has 1 unspecified atom stereocenters. The number of rotatable bonds is 5. The average molecular weight is 705 g/mol. The average Bonchev–Trinajstić information content (AvgIpc) is 3.44. The Bertz CT molecular complexity index is 1230. The monoisotopic (exact) mass is 704 g/mol. The molecule has 12 nitrogen and oxygen atoms in total. The highest BCUT2D eigenvalue weighted by molar-refractivity contribution is 5.69. The maximum atomic E-state index is 13.1. The lowest BCUT2D eigenvalue weighted by atomic mass is 9.97. The molecule has 0 spiro atoms. The van der Waals surface area contributed by atoms with Crippen LogP contribution in [0, 0.1) is 0 Å². The van der Waals surface area contributed by atoms with E-state index in [1.165, 1.54) is 0 Å². The van der Waals surface area contributed by atoms with E-state index < -0.39 is 73.4 Å². The molecular formula is C38H56O12. The first-order chi connectivity index (χ1) is 24.2. The van der Waals surface area contributed by atoms with Crippen LogP contribution >= 0.6 is 0 Å². The first-order valence-electron chi connectivity index (χ1n) is 18.7. The van der Waals surface area contributed by atoms with Crippen molar-refractivity contribution < 1.29 is 57.6 Å². The highest BCUT2D eigenvalue weighted by Crippen LogP contribution is 2.41. The van der Waals surface area contributed by atoms with Gasteiger partial charge in [-0.05, 0) is 65.7 Å². The van der Waals surface area contributed by atoms with Crippen molar-refractivity contribution >= 4 is 5.97 Å². The molecule has 0 saturated carbocycles. The molecule has 1 N–H and O–H groups in total. The van der Waals surface area contributed by atoms with Crippen LogP contribution in [0.2, 0.25) is 0 Å². The third-order valence-electron chi connectivity index (χ3n) is 10.00. The zero-order valence-corrected chi connectivity index (χ0v) is 29.9. The Balaban J connectivity index is 1.24. The second kappa shape index (κ2) is 17.7. The predicted molar refractivity (Wildman–Crippen MR) is 179 cm³/mol. The molecule has 6 rings (SSSR count). The Kier molecular flexibility index (Phi) is 13.4. The number of allylic oxidation sites excluding steroid dienone is 2. The van der Waals surface area contributed by atoms with E-state index in [9.17, 15) is 9.90 Å². The summed E-state index contributed by atoms with van der Waals surface area (Å²) >= 11 is 0. The van der Waals surface area contributed by atoms with Crippen molar-refractivity contribution in [3.8, 4) is 0 Å². The van der Waals surface area contributed by atoms with E-state index in [4.69, 9.17) is 47.7 Å². The van der Waals surface area contributed by atoms with Crippen molar-refractivity contribution in [2.75, 3.05) is 6.61 Å². The van der Waals surface area contributed by atoms with Crippen LogP contribution in [-0.2, 0) is 52.5 Å².